The van der Waals surface area contributed by atoms with Crippen molar-refractivity contribution < 1.29 is 19.1 Å². The average molecular weight is 196 g/mol. The highest BCUT2D eigenvalue weighted by atomic mass is 16.6. The van der Waals surface area contributed by atoms with Crippen molar-refractivity contribution in [3.05, 3.63) is 37.1 Å². The van der Waals surface area contributed by atoms with Crippen LogP contribution >= 0.6 is 0 Å². The topological polar surface area (TPSA) is 52.6 Å². The molecule has 0 aliphatic carbocycles. The Morgan fingerprint density at radius 1 is 1.21 bits per heavy atom. The Kier molecular flexibility index (Phi) is 5.78. The van der Waals surface area contributed by atoms with Crippen LogP contribution in [0.15, 0.2) is 37.1 Å². The Balaban J connectivity index is 4.05. The molecule has 0 aromatic rings. The predicted molar refractivity (Wildman–Crippen MR) is 51.2 cm³/mol. The largest absolute Gasteiger partial charge is 0.454 e. The highest BCUT2D eigenvalue weighted by Gasteiger charge is 2.04. The fourth-order valence-corrected chi connectivity index (χ4v) is 0.544. The molecule has 0 heterocycles. The summed E-state index contributed by atoms with van der Waals surface area (Å²) in [6, 6.07) is 0. The average Bonchev–Trinajstić information content (AvgIpc) is 2.22. The molecule has 4 heteroatoms. The van der Waals surface area contributed by atoms with Crippen molar-refractivity contribution >= 4 is 11.9 Å². The van der Waals surface area contributed by atoms with Gasteiger partial charge in [-0.15, -0.1) is 0 Å². The molecule has 0 aliphatic rings. The second kappa shape index (κ2) is 6.65. The monoisotopic (exact) mass is 196 g/mol. The first-order valence-corrected chi connectivity index (χ1v) is 3.92. The van der Waals surface area contributed by atoms with Gasteiger partial charge >= 0.3 is 11.9 Å². The summed E-state index contributed by atoms with van der Waals surface area (Å²) < 4.78 is 9.39. The molecule has 0 fully saturated rings. The quantitative estimate of drug-likeness (QED) is 0.378. The molecule has 0 atom stereocenters. The van der Waals surface area contributed by atoms with Crippen LogP contribution in [-0.4, -0.2) is 18.5 Å². The molecule has 76 valence electrons. The normalized spacial score (nSPS) is 10.2. The van der Waals surface area contributed by atoms with E-state index in [2.05, 4.69) is 17.9 Å². The van der Waals surface area contributed by atoms with E-state index in [-0.39, 0.29) is 12.4 Å². The molecule has 0 aromatic carbocycles. The lowest BCUT2D eigenvalue weighted by atomic mass is 10.5. The first-order valence-electron chi connectivity index (χ1n) is 3.92. The Morgan fingerprint density at radius 2 is 1.79 bits per heavy atom. The molecule has 0 spiro atoms. The number of rotatable bonds is 5. The molecule has 0 saturated heterocycles. The van der Waals surface area contributed by atoms with Crippen LogP contribution in [0.5, 0.6) is 0 Å². The second-order valence-corrected chi connectivity index (χ2v) is 2.19. The van der Waals surface area contributed by atoms with Gasteiger partial charge in [0.15, 0.2) is 0 Å². The van der Waals surface area contributed by atoms with Gasteiger partial charge in [-0.05, 0) is 13.0 Å². The van der Waals surface area contributed by atoms with Gasteiger partial charge in [-0.2, -0.15) is 0 Å². The molecular weight excluding hydrogens is 184 g/mol. The Labute approximate surface area is 82.5 Å². The molecular formula is C10H12O4. The second-order valence-electron chi connectivity index (χ2n) is 2.19. The van der Waals surface area contributed by atoms with Crippen molar-refractivity contribution in [2.75, 3.05) is 6.61 Å². The van der Waals surface area contributed by atoms with Crippen molar-refractivity contribution in [3.63, 3.8) is 0 Å². The SMILES string of the molecule is C=CC(=O)OCC(=CC)OC(=O)C=C. The van der Waals surface area contributed by atoms with Gasteiger partial charge in [-0.3, -0.25) is 0 Å². The fourth-order valence-electron chi connectivity index (χ4n) is 0.544. The van der Waals surface area contributed by atoms with Gasteiger partial charge in [0.05, 0.1) is 0 Å². The summed E-state index contributed by atoms with van der Waals surface area (Å²) in [6.07, 6.45) is 3.58. The lowest BCUT2D eigenvalue weighted by Gasteiger charge is -2.05. The fraction of sp³-hybridized carbons (Fsp3) is 0.200. The van der Waals surface area contributed by atoms with Crippen molar-refractivity contribution in [1.82, 2.24) is 0 Å². The molecule has 0 amide bonds. The van der Waals surface area contributed by atoms with Crippen LogP contribution in [0.25, 0.3) is 0 Å². The summed E-state index contributed by atoms with van der Waals surface area (Å²) in [4.78, 5) is 21.4. The van der Waals surface area contributed by atoms with Crippen LogP contribution < -0.4 is 0 Å². The first-order chi connectivity index (χ1) is 6.63. The molecule has 0 saturated carbocycles. The van der Waals surface area contributed by atoms with E-state index in [1.165, 1.54) is 6.08 Å². The zero-order valence-electron chi connectivity index (χ0n) is 7.99. The van der Waals surface area contributed by atoms with E-state index in [0.29, 0.717) is 0 Å². The lowest BCUT2D eigenvalue weighted by Crippen LogP contribution is -2.09. The number of hydrogen-bond acceptors (Lipinski definition) is 4. The van der Waals surface area contributed by atoms with E-state index in [1.807, 2.05) is 0 Å². The summed E-state index contributed by atoms with van der Waals surface area (Å²) in [5, 5.41) is 0. The number of ether oxygens (including phenoxy) is 2. The van der Waals surface area contributed by atoms with Crippen LogP contribution in [0.2, 0.25) is 0 Å². The Hall–Kier alpha value is -1.84. The molecule has 4 nitrogen and oxygen atoms in total. The zero-order chi connectivity index (χ0) is 11.0. The third-order valence-corrected chi connectivity index (χ3v) is 1.24. The number of carbonyl (C=O) groups excluding carboxylic acids is 2. The third kappa shape index (κ3) is 4.92. The van der Waals surface area contributed by atoms with Gasteiger partial charge in [-0.25, -0.2) is 9.59 Å². The molecule has 0 rings (SSSR count). The molecule has 0 N–H and O–H groups in total. The molecule has 0 radical (unpaired) electrons. The summed E-state index contributed by atoms with van der Waals surface area (Å²) in [7, 11) is 0. The summed E-state index contributed by atoms with van der Waals surface area (Å²) in [5.41, 5.74) is 0. The van der Waals surface area contributed by atoms with Crippen molar-refractivity contribution in [2.24, 2.45) is 0 Å². The summed E-state index contributed by atoms with van der Waals surface area (Å²) in [6.45, 7) is 8.02. The summed E-state index contributed by atoms with van der Waals surface area (Å²) >= 11 is 0. The summed E-state index contributed by atoms with van der Waals surface area (Å²) in [5.74, 6) is -0.906. The highest BCUT2D eigenvalue weighted by Crippen LogP contribution is 1.99. The Morgan fingerprint density at radius 3 is 2.21 bits per heavy atom. The number of allylic oxidation sites excluding steroid dienone is 1. The Bertz CT molecular complexity index is 276. The minimum Gasteiger partial charge on any atom is -0.454 e. The zero-order valence-corrected chi connectivity index (χ0v) is 7.99. The van der Waals surface area contributed by atoms with Crippen LogP contribution in [-0.2, 0) is 19.1 Å². The highest BCUT2D eigenvalue weighted by molar-refractivity contribution is 5.82. The smallest absolute Gasteiger partial charge is 0.335 e. The van der Waals surface area contributed by atoms with Crippen LogP contribution in [0.4, 0.5) is 0 Å². The van der Waals surface area contributed by atoms with Crippen molar-refractivity contribution in [2.45, 2.75) is 6.92 Å². The standard InChI is InChI=1S/C10H12O4/c1-4-8(14-10(12)6-3)7-13-9(11)5-2/h4-6H,2-3,7H2,1H3. The van der Waals surface area contributed by atoms with Crippen LogP contribution in [0.1, 0.15) is 6.92 Å². The minimum absolute atomic E-state index is 0.0963. The maximum Gasteiger partial charge on any atom is 0.335 e. The van der Waals surface area contributed by atoms with Crippen LogP contribution in [0, 0.1) is 0 Å². The number of carbonyl (C=O) groups is 2. The lowest BCUT2D eigenvalue weighted by molar-refractivity contribution is -0.141. The van der Waals surface area contributed by atoms with E-state index in [9.17, 15) is 9.59 Å². The molecule has 0 aliphatic heterocycles. The minimum atomic E-state index is -0.590. The van der Waals surface area contributed by atoms with Gasteiger partial charge in [-0.1, -0.05) is 13.2 Å². The third-order valence-electron chi connectivity index (χ3n) is 1.24. The van der Waals surface area contributed by atoms with Crippen molar-refractivity contribution in [3.8, 4) is 0 Å². The van der Waals surface area contributed by atoms with E-state index in [0.717, 1.165) is 12.2 Å². The van der Waals surface area contributed by atoms with Gasteiger partial charge < -0.3 is 9.47 Å². The number of hydrogen-bond donors (Lipinski definition) is 0. The predicted octanol–water partition coefficient (Wildman–Crippen LogP) is 1.35. The maximum atomic E-state index is 10.8. The molecule has 0 aromatic heterocycles. The van der Waals surface area contributed by atoms with E-state index >= 15 is 0 Å². The molecule has 0 bridgehead atoms. The van der Waals surface area contributed by atoms with Crippen molar-refractivity contribution in [1.29, 1.82) is 0 Å². The van der Waals surface area contributed by atoms with Gasteiger partial charge in [0.1, 0.15) is 12.4 Å². The van der Waals surface area contributed by atoms with E-state index in [4.69, 9.17) is 4.74 Å². The van der Waals surface area contributed by atoms with Gasteiger partial charge in [0.2, 0.25) is 0 Å². The van der Waals surface area contributed by atoms with Crippen LogP contribution in [0.3, 0.4) is 0 Å². The van der Waals surface area contributed by atoms with Gasteiger partial charge in [0.25, 0.3) is 0 Å². The molecule has 0 unspecified atom stereocenters. The molecule has 14 heavy (non-hydrogen) atoms. The number of esters is 2. The first kappa shape index (κ1) is 12.2. The van der Waals surface area contributed by atoms with E-state index < -0.39 is 11.9 Å². The van der Waals surface area contributed by atoms with Gasteiger partial charge in [0, 0.05) is 12.2 Å². The van der Waals surface area contributed by atoms with E-state index in [1.54, 1.807) is 6.92 Å². The maximum absolute atomic E-state index is 10.8.